The number of benzene rings is 1. The molecule has 1 saturated heterocycles. The number of halogens is 2. The number of nitrogens with zero attached hydrogens (tertiary/aromatic N) is 4. The number of aromatic nitrogens is 3. The van der Waals surface area contributed by atoms with Gasteiger partial charge in [-0.05, 0) is 55.4 Å². The molecule has 0 spiro atoms. The highest BCUT2D eigenvalue weighted by atomic mass is 35.5. The summed E-state index contributed by atoms with van der Waals surface area (Å²) in [6.45, 7) is 0.827. The Morgan fingerprint density at radius 1 is 1.28 bits per heavy atom. The minimum absolute atomic E-state index is 0.0494. The van der Waals surface area contributed by atoms with E-state index in [0.29, 0.717) is 10.8 Å². The molecule has 0 saturated carbocycles. The van der Waals surface area contributed by atoms with Crippen LogP contribution >= 0.6 is 23.8 Å². The van der Waals surface area contributed by atoms with Gasteiger partial charge in [-0.3, -0.25) is 4.40 Å². The van der Waals surface area contributed by atoms with Gasteiger partial charge in [0.25, 0.3) is 0 Å². The van der Waals surface area contributed by atoms with E-state index in [1.807, 2.05) is 28.8 Å². The van der Waals surface area contributed by atoms with Gasteiger partial charge < -0.3 is 10.2 Å². The Balaban J connectivity index is 1.58. The van der Waals surface area contributed by atoms with Crippen LogP contribution in [0.25, 0.3) is 5.65 Å². The maximum Gasteiger partial charge on any atom is 0.174 e. The Labute approximate surface area is 154 Å². The van der Waals surface area contributed by atoms with E-state index < -0.39 is 5.82 Å². The van der Waals surface area contributed by atoms with Gasteiger partial charge in [0, 0.05) is 18.4 Å². The fourth-order valence-corrected chi connectivity index (χ4v) is 3.65. The molecule has 0 unspecified atom stereocenters. The molecule has 0 radical (unpaired) electrons. The summed E-state index contributed by atoms with van der Waals surface area (Å²) in [5, 5.41) is 12.4. The van der Waals surface area contributed by atoms with E-state index >= 15 is 0 Å². The molecule has 0 bridgehead atoms. The molecule has 0 amide bonds. The molecular weight excluding hydrogens is 361 g/mol. The van der Waals surface area contributed by atoms with Crippen molar-refractivity contribution in [3.8, 4) is 0 Å². The van der Waals surface area contributed by atoms with Crippen molar-refractivity contribution < 1.29 is 4.39 Å². The minimum atomic E-state index is -0.452. The lowest BCUT2D eigenvalue weighted by Gasteiger charge is -2.26. The number of nitrogens with one attached hydrogen (secondary N) is 1. The number of hydrogen-bond donors (Lipinski definition) is 1. The second-order valence-corrected chi connectivity index (χ2v) is 6.69. The first-order valence-electron chi connectivity index (χ1n) is 7.96. The van der Waals surface area contributed by atoms with Gasteiger partial charge in [-0.1, -0.05) is 17.7 Å². The number of anilines is 1. The van der Waals surface area contributed by atoms with E-state index in [-0.39, 0.29) is 11.1 Å². The van der Waals surface area contributed by atoms with Crippen LogP contribution in [0.3, 0.4) is 0 Å². The third-order valence-corrected chi connectivity index (χ3v) is 4.95. The largest absolute Gasteiger partial charge is 0.339 e. The number of thiocarbonyl (C=S) groups is 1. The van der Waals surface area contributed by atoms with Crippen LogP contribution in [0.1, 0.15) is 24.7 Å². The summed E-state index contributed by atoms with van der Waals surface area (Å²) in [4.78, 5) is 2.09. The van der Waals surface area contributed by atoms with Crippen LogP contribution in [0.5, 0.6) is 0 Å². The standard InChI is InChI=1S/C17H15ClFN5S/c18-12-10-11(6-7-13(12)19)20-17(25)23-9-3-4-14(23)16-22-21-15-5-1-2-8-24(15)16/h1-2,5-8,10,14H,3-4,9H2,(H,20,25)/t14-/m0/s1. The fraction of sp³-hybridized carbons (Fsp3) is 0.235. The summed E-state index contributed by atoms with van der Waals surface area (Å²) >= 11 is 11.4. The molecule has 1 aliphatic heterocycles. The van der Waals surface area contributed by atoms with E-state index in [1.54, 1.807) is 6.07 Å². The monoisotopic (exact) mass is 375 g/mol. The lowest BCUT2D eigenvalue weighted by atomic mass is 10.2. The Hall–Kier alpha value is -2.25. The van der Waals surface area contributed by atoms with Crippen molar-refractivity contribution in [3.05, 3.63) is 59.3 Å². The maximum atomic E-state index is 13.3. The zero-order valence-corrected chi connectivity index (χ0v) is 14.8. The molecule has 0 aliphatic carbocycles. The second-order valence-electron chi connectivity index (χ2n) is 5.90. The summed E-state index contributed by atoms with van der Waals surface area (Å²) in [5.41, 5.74) is 1.47. The summed E-state index contributed by atoms with van der Waals surface area (Å²) in [6, 6.07) is 10.3. The molecule has 8 heteroatoms. The summed E-state index contributed by atoms with van der Waals surface area (Å²) in [7, 11) is 0. The first kappa shape index (κ1) is 16.2. The first-order chi connectivity index (χ1) is 12.1. The van der Waals surface area contributed by atoms with Gasteiger partial charge in [-0.2, -0.15) is 0 Å². The number of hydrogen-bond acceptors (Lipinski definition) is 3. The number of likely N-dealkylation sites (tertiary alicyclic amines) is 1. The topological polar surface area (TPSA) is 45.5 Å². The molecule has 4 rings (SSSR count). The molecule has 3 heterocycles. The van der Waals surface area contributed by atoms with Crippen LogP contribution in [0, 0.1) is 5.82 Å². The van der Waals surface area contributed by atoms with E-state index in [0.717, 1.165) is 30.9 Å². The van der Waals surface area contributed by atoms with Crippen LogP contribution in [0.15, 0.2) is 42.6 Å². The van der Waals surface area contributed by atoms with Crippen molar-refractivity contribution in [1.82, 2.24) is 19.5 Å². The van der Waals surface area contributed by atoms with Crippen molar-refractivity contribution in [1.29, 1.82) is 0 Å². The van der Waals surface area contributed by atoms with Crippen molar-refractivity contribution in [2.24, 2.45) is 0 Å². The summed E-state index contributed by atoms with van der Waals surface area (Å²) in [5.74, 6) is 0.418. The van der Waals surface area contributed by atoms with Gasteiger partial charge in [0.05, 0.1) is 11.1 Å². The Morgan fingerprint density at radius 3 is 3.00 bits per heavy atom. The molecule has 1 aromatic carbocycles. The molecule has 1 atom stereocenters. The number of fused-ring (bicyclic) bond motifs is 1. The maximum absolute atomic E-state index is 13.3. The smallest absolute Gasteiger partial charge is 0.174 e. The second kappa shape index (κ2) is 6.57. The van der Waals surface area contributed by atoms with Gasteiger partial charge >= 0.3 is 0 Å². The van der Waals surface area contributed by atoms with Crippen LogP contribution in [-0.4, -0.2) is 31.2 Å². The van der Waals surface area contributed by atoms with Gasteiger partial charge in [0.1, 0.15) is 5.82 Å². The summed E-state index contributed by atoms with van der Waals surface area (Å²) in [6.07, 6.45) is 3.91. The zero-order chi connectivity index (χ0) is 17.4. The molecule has 25 heavy (non-hydrogen) atoms. The third-order valence-electron chi connectivity index (χ3n) is 4.32. The molecule has 128 valence electrons. The third kappa shape index (κ3) is 3.05. The zero-order valence-electron chi connectivity index (χ0n) is 13.2. The highest BCUT2D eigenvalue weighted by Crippen LogP contribution is 2.32. The van der Waals surface area contributed by atoms with Crippen molar-refractivity contribution >= 4 is 40.3 Å². The SMILES string of the molecule is Fc1ccc(NC(=S)N2CCC[C@H]2c2nnc3ccccn23)cc1Cl. The highest BCUT2D eigenvalue weighted by molar-refractivity contribution is 7.80. The fourth-order valence-electron chi connectivity index (χ4n) is 3.13. The minimum Gasteiger partial charge on any atom is -0.339 e. The van der Waals surface area contributed by atoms with Crippen LogP contribution in [0.2, 0.25) is 5.02 Å². The van der Waals surface area contributed by atoms with Gasteiger partial charge in [0.2, 0.25) is 0 Å². The molecule has 1 fully saturated rings. The molecular formula is C17H15ClFN5S. The number of rotatable bonds is 2. The highest BCUT2D eigenvalue weighted by Gasteiger charge is 2.31. The molecule has 1 N–H and O–H groups in total. The Morgan fingerprint density at radius 2 is 2.16 bits per heavy atom. The van der Waals surface area contributed by atoms with Crippen LogP contribution in [-0.2, 0) is 0 Å². The molecule has 3 aromatic rings. The molecule has 5 nitrogen and oxygen atoms in total. The molecule has 1 aliphatic rings. The Kier molecular flexibility index (Phi) is 4.27. The van der Waals surface area contributed by atoms with Gasteiger partial charge in [-0.15, -0.1) is 10.2 Å². The Bertz CT molecular complexity index is 944. The van der Waals surface area contributed by atoms with Gasteiger partial charge in [0.15, 0.2) is 16.6 Å². The van der Waals surface area contributed by atoms with E-state index in [1.165, 1.54) is 12.1 Å². The lowest BCUT2D eigenvalue weighted by molar-refractivity contribution is 0.387. The van der Waals surface area contributed by atoms with E-state index in [2.05, 4.69) is 20.4 Å². The van der Waals surface area contributed by atoms with E-state index in [4.69, 9.17) is 23.8 Å². The average Bonchev–Trinajstić information content (AvgIpc) is 3.24. The average molecular weight is 376 g/mol. The lowest BCUT2D eigenvalue weighted by Crippen LogP contribution is -2.35. The van der Waals surface area contributed by atoms with E-state index in [9.17, 15) is 4.39 Å². The predicted molar refractivity (Wildman–Crippen MR) is 99.3 cm³/mol. The van der Waals surface area contributed by atoms with Gasteiger partial charge in [-0.25, -0.2) is 4.39 Å². The van der Waals surface area contributed by atoms with Crippen molar-refractivity contribution in [3.63, 3.8) is 0 Å². The van der Waals surface area contributed by atoms with Crippen LogP contribution < -0.4 is 5.32 Å². The quantitative estimate of drug-likeness (QED) is 0.684. The first-order valence-corrected chi connectivity index (χ1v) is 8.74. The molecule has 2 aromatic heterocycles. The summed E-state index contributed by atoms with van der Waals surface area (Å²) < 4.78 is 15.3. The van der Waals surface area contributed by atoms with Crippen molar-refractivity contribution in [2.45, 2.75) is 18.9 Å². The van der Waals surface area contributed by atoms with Crippen molar-refractivity contribution in [2.75, 3.05) is 11.9 Å². The van der Waals surface area contributed by atoms with Crippen LogP contribution in [0.4, 0.5) is 10.1 Å². The normalized spacial score (nSPS) is 17.2. The number of pyridine rings is 1. The predicted octanol–water partition coefficient (Wildman–Crippen LogP) is 4.06.